The van der Waals surface area contributed by atoms with E-state index in [0.717, 1.165) is 19.3 Å². The molecule has 102 valence electrons. The van der Waals surface area contributed by atoms with E-state index in [1.165, 1.54) is 6.07 Å². The molecule has 0 saturated carbocycles. The Hall–Kier alpha value is -0.640. The number of halogens is 2. The fourth-order valence-corrected chi connectivity index (χ4v) is 2.58. The molecule has 0 aromatic heterocycles. The van der Waals surface area contributed by atoms with E-state index in [1.807, 2.05) is 0 Å². The topological polar surface area (TPSA) is 32.3 Å². The average molecular weight is 274 g/mol. The molecule has 2 atom stereocenters. The molecule has 1 aromatic rings. The van der Waals surface area contributed by atoms with Gasteiger partial charge in [-0.1, -0.05) is 18.2 Å². The van der Waals surface area contributed by atoms with E-state index in [9.17, 15) is 9.50 Å². The number of piperidine rings is 1. The van der Waals surface area contributed by atoms with Gasteiger partial charge in [0.1, 0.15) is 5.82 Å². The van der Waals surface area contributed by atoms with E-state index >= 15 is 0 Å². The number of nitrogens with one attached hydrogen (secondary N) is 1. The van der Waals surface area contributed by atoms with Crippen molar-refractivity contribution in [3.63, 3.8) is 0 Å². The molecule has 1 saturated heterocycles. The standard InChI is InChI=1S/C14H20FNO.ClH/c1-14(2)9-5-8-12(16-14)13(17)10-6-3-4-7-11(10)15;/h3-4,6-7,12-13,16-17H,5,8-9H2,1-2H3;1H/t12?,13-;/m0./s1. The molecule has 1 heterocycles. The van der Waals surface area contributed by atoms with E-state index in [0.29, 0.717) is 5.56 Å². The first-order chi connectivity index (χ1) is 7.99. The Balaban J connectivity index is 0.00000162. The van der Waals surface area contributed by atoms with Gasteiger partial charge in [0, 0.05) is 17.1 Å². The van der Waals surface area contributed by atoms with Gasteiger partial charge in [-0.2, -0.15) is 0 Å². The molecule has 2 N–H and O–H groups in total. The van der Waals surface area contributed by atoms with E-state index in [2.05, 4.69) is 19.2 Å². The van der Waals surface area contributed by atoms with Crippen molar-refractivity contribution < 1.29 is 9.50 Å². The molecule has 1 aliphatic heterocycles. The van der Waals surface area contributed by atoms with Crippen molar-refractivity contribution in [1.29, 1.82) is 0 Å². The number of hydrogen-bond acceptors (Lipinski definition) is 2. The second-order valence-corrected chi connectivity index (χ2v) is 5.49. The van der Waals surface area contributed by atoms with Crippen molar-refractivity contribution in [2.75, 3.05) is 0 Å². The highest BCUT2D eigenvalue weighted by Crippen LogP contribution is 2.29. The first-order valence-corrected chi connectivity index (χ1v) is 6.20. The largest absolute Gasteiger partial charge is 0.387 e. The van der Waals surface area contributed by atoms with Gasteiger partial charge in [0.25, 0.3) is 0 Å². The summed E-state index contributed by atoms with van der Waals surface area (Å²) in [6, 6.07) is 6.39. The SMILES string of the molecule is CC1(C)CCCC([C@@H](O)c2ccccc2F)N1.Cl. The van der Waals surface area contributed by atoms with Crippen LogP contribution in [0.4, 0.5) is 4.39 Å². The lowest BCUT2D eigenvalue weighted by atomic mass is 9.85. The van der Waals surface area contributed by atoms with Crippen LogP contribution in [0.15, 0.2) is 24.3 Å². The summed E-state index contributed by atoms with van der Waals surface area (Å²) in [4.78, 5) is 0. The molecule has 4 heteroatoms. The molecule has 18 heavy (non-hydrogen) atoms. The molecule has 2 rings (SSSR count). The van der Waals surface area contributed by atoms with Gasteiger partial charge in [0.15, 0.2) is 0 Å². The summed E-state index contributed by atoms with van der Waals surface area (Å²) in [7, 11) is 0. The van der Waals surface area contributed by atoms with Crippen molar-refractivity contribution in [2.24, 2.45) is 0 Å². The van der Waals surface area contributed by atoms with Crippen LogP contribution < -0.4 is 5.32 Å². The third kappa shape index (κ3) is 3.44. The lowest BCUT2D eigenvalue weighted by Crippen LogP contribution is -2.51. The molecular weight excluding hydrogens is 253 g/mol. The third-order valence-corrected chi connectivity index (χ3v) is 3.50. The van der Waals surface area contributed by atoms with E-state index in [-0.39, 0.29) is 29.8 Å². The Kier molecular flexibility index (Phi) is 5.14. The second-order valence-electron chi connectivity index (χ2n) is 5.49. The summed E-state index contributed by atoms with van der Waals surface area (Å²) in [6.45, 7) is 4.24. The normalized spacial score (nSPS) is 24.1. The Bertz CT molecular complexity index is 397. The quantitative estimate of drug-likeness (QED) is 0.867. The molecule has 1 fully saturated rings. The van der Waals surface area contributed by atoms with E-state index in [1.54, 1.807) is 18.2 Å². The minimum Gasteiger partial charge on any atom is -0.387 e. The highest BCUT2D eigenvalue weighted by molar-refractivity contribution is 5.85. The molecular formula is C14H21ClFNO. The van der Waals surface area contributed by atoms with Crippen molar-refractivity contribution in [2.45, 2.75) is 50.8 Å². The van der Waals surface area contributed by atoms with Crippen LogP contribution in [0.5, 0.6) is 0 Å². The minimum atomic E-state index is -0.768. The van der Waals surface area contributed by atoms with Crippen LogP contribution in [0.2, 0.25) is 0 Å². The average Bonchev–Trinajstić information content (AvgIpc) is 2.27. The maximum Gasteiger partial charge on any atom is 0.129 e. The van der Waals surface area contributed by atoms with Gasteiger partial charge in [-0.05, 0) is 39.2 Å². The molecule has 1 aliphatic rings. The summed E-state index contributed by atoms with van der Waals surface area (Å²) in [5.74, 6) is -0.329. The zero-order chi connectivity index (χ0) is 12.5. The molecule has 2 nitrogen and oxygen atoms in total. The summed E-state index contributed by atoms with van der Waals surface area (Å²) in [5.41, 5.74) is 0.414. The lowest BCUT2D eigenvalue weighted by molar-refractivity contribution is 0.0817. The van der Waals surface area contributed by atoms with Gasteiger partial charge in [-0.25, -0.2) is 4.39 Å². The summed E-state index contributed by atoms with van der Waals surface area (Å²) >= 11 is 0. The van der Waals surface area contributed by atoms with Crippen LogP contribution in [0, 0.1) is 5.82 Å². The minimum absolute atomic E-state index is 0. The second kappa shape index (κ2) is 6.00. The number of benzene rings is 1. The van der Waals surface area contributed by atoms with Crippen LogP contribution in [-0.4, -0.2) is 16.7 Å². The summed E-state index contributed by atoms with van der Waals surface area (Å²) in [5, 5.41) is 13.7. The highest BCUT2D eigenvalue weighted by Gasteiger charge is 2.32. The van der Waals surface area contributed by atoms with Gasteiger partial charge in [-0.3, -0.25) is 0 Å². The van der Waals surface area contributed by atoms with E-state index < -0.39 is 6.10 Å². The number of rotatable bonds is 2. The molecule has 1 unspecified atom stereocenters. The third-order valence-electron chi connectivity index (χ3n) is 3.50. The molecule has 0 spiro atoms. The first kappa shape index (κ1) is 15.4. The fraction of sp³-hybridized carbons (Fsp3) is 0.571. The zero-order valence-electron chi connectivity index (χ0n) is 10.8. The van der Waals surface area contributed by atoms with Crippen molar-refractivity contribution in [3.05, 3.63) is 35.6 Å². The van der Waals surface area contributed by atoms with E-state index in [4.69, 9.17) is 0 Å². The maximum atomic E-state index is 13.6. The predicted molar refractivity (Wildman–Crippen MR) is 73.5 cm³/mol. The number of aliphatic hydroxyl groups is 1. The van der Waals surface area contributed by atoms with Crippen LogP contribution in [0.1, 0.15) is 44.8 Å². The Morgan fingerprint density at radius 2 is 2.06 bits per heavy atom. The zero-order valence-corrected chi connectivity index (χ0v) is 11.6. The van der Waals surface area contributed by atoms with Crippen LogP contribution >= 0.6 is 12.4 Å². The Morgan fingerprint density at radius 1 is 1.39 bits per heavy atom. The van der Waals surface area contributed by atoms with Crippen LogP contribution in [0.3, 0.4) is 0 Å². The van der Waals surface area contributed by atoms with Crippen molar-refractivity contribution in [3.8, 4) is 0 Å². The molecule has 0 aliphatic carbocycles. The van der Waals surface area contributed by atoms with Gasteiger partial charge >= 0.3 is 0 Å². The van der Waals surface area contributed by atoms with Crippen LogP contribution in [0.25, 0.3) is 0 Å². The highest BCUT2D eigenvalue weighted by atomic mass is 35.5. The van der Waals surface area contributed by atoms with Gasteiger partial charge in [0.05, 0.1) is 6.10 Å². The monoisotopic (exact) mass is 273 g/mol. The summed E-state index contributed by atoms with van der Waals surface area (Å²) in [6.07, 6.45) is 2.28. The number of hydrogen-bond donors (Lipinski definition) is 2. The predicted octanol–water partition coefficient (Wildman–Crippen LogP) is 3.20. The Labute approximate surface area is 114 Å². The number of aliphatic hydroxyl groups excluding tert-OH is 1. The first-order valence-electron chi connectivity index (χ1n) is 6.20. The van der Waals surface area contributed by atoms with Gasteiger partial charge in [-0.15, -0.1) is 12.4 Å². The van der Waals surface area contributed by atoms with Gasteiger partial charge in [0.2, 0.25) is 0 Å². The lowest BCUT2D eigenvalue weighted by Gasteiger charge is -2.39. The smallest absolute Gasteiger partial charge is 0.129 e. The summed E-state index contributed by atoms with van der Waals surface area (Å²) < 4.78 is 13.6. The fourth-order valence-electron chi connectivity index (χ4n) is 2.58. The van der Waals surface area contributed by atoms with Crippen molar-refractivity contribution in [1.82, 2.24) is 5.32 Å². The molecule has 0 radical (unpaired) electrons. The molecule has 0 bridgehead atoms. The maximum absolute atomic E-state index is 13.6. The molecule has 1 aromatic carbocycles. The molecule has 0 amide bonds. The van der Waals surface area contributed by atoms with Crippen molar-refractivity contribution >= 4 is 12.4 Å². The van der Waals surface area contributed by atoms with Gasteiger partial charge < -0.3 is 10.4 Å². The Morgan fingerprint density at radius 3 is 2.67 bits per heavy atom. The van der Waals surface area contributed by atoms with Crippen LogP contribution in [-0.2, 0) is 0 Å².